The molecule has 1 fully saturated rings. The highest BCUT2D eigenvalue weighted by atomic mass is 19.1. The van der Waals surface area contributed by atoms with Gasteiger partial charge in [-0.05, 0) is 29.8 Å². The molecule has 0 aromatic heterocycles. The van der Waals surface area contributed by atoms with Crippen LogP contribution >= 0.6 is 0 Å². The largest absolute Gasteiger partial charge is 0.455 e. The molecule has 0 saturated carbocycles. The lowest BCUT2D eigenvalue weighted by Crippen LogP contribution is -2.31. The SMILES string of the molecule is O=C(COC(=O)[C@@H]1CC(=O)N(c2ccc(F)cc2)C1)NCc1ccccc1. The molecule has 0 bridgehead atoms. The van der Waals surface area contributed by atoms with Crippen molar-refractivity contribution in [2.24, 2.45) is 5.92 Å². The van der Waals surface area contributed by atoms with Crippen molar-refractivity contribution in [3.8, 4) is 0 Å². The topological polar surface area (TPSA) is 75.7 Å². The lowest BCUT2D eigenvalue weighted by molar-refractivity contribution is -0.152. The van der Waals surface area contributed by atoms with E-state index in [1.165, 1.54) is 29.2 Å². The summed E-state index contributed by atoms with van der Waals surface area (Å²) >= 11 is 0. The fourth-order valence-corrected chi connectivity index (χ4v) is 2.84. The molecule has 0 unspecified atom stereocenters. The lowest BCUT2D eigenvalue weighted by Gasteiger charge is -2.16. The summed E-state index contributed by atoms with van der Waals surface area (Å²) in [6.45, 7) is 0.0965. The average molecular weight is 370 g/mol. The summed E-state index contributed by atoms with van der Waals surface area (Å²) in [6, 6.07) is 14.8. The minimum atomic E-state index is -0.649. The molecule has 6 nitrogen and oxygen atoms in total. The van der Waals surface area contributed by atoms with Crippen molar-refractivity contribution in [1.82, 2.24) is 5.32 Å². The minimum absolute atomic E-state index is 0.00183. The minimum Gasteiger partial charge on any atom is -0.455 e. The van der Waals surface area contributed by atoms with E-state index in [2.05, 4.69) is 5.32 Å². The number of carbonyl (C=O) groups is 3. The summed E-state index contributed by atoms with van der Waals surface area (Å²) in [5, 5.41) is 2.66. The van der Waals surface area contributed by atoms with Gasteiger partial charge >= 0.3 is 5.97 Å². The zero-order valence-corrected chi connectivity index (χ0v) is 14.6. The van der Waals surface area contributed by atoms with Gasteiger partial charge in [0.2, 0.25) is 5.91 Å². The van der Waals surface area contributed by atoms with Crippen LogP contribution in [0.25, 0.3) is 0 Å². The Morgan fingerprint density at radius 3 is 2.52 bits per heavy atom. The second kappa shape index (κ2) is 8.44. The average Bonchev–Trinajstić information content (AvgIpc) is 3.07. The van der Waals surface area contributed by atoms with E-state index >= 15 is 0 Å². The van der Waals surface area contributed by atoms with E-state index < -0.39 is 30.2 Å². The number of hydrogen-bond acceptors (Lipinski definition) is 4. The molecule has 1 saturated heterocycles. The number of benzene rings is 2. The molecule has 2 amide bonds. The molecule has 0 spiro atoms. The van der Waals surface area contributed by atoms with Gasteiger partial charge in [0.25, 0.3) is 5.91 Å². The van der Waals surface area contributed by atoms with Crippen LogP contribution < -0.4 is 10.2 Å². The molecule has 1 N–H and O–H groups in total. The molecule has 140 valence electrons. The van der Waals surface area contributed by atoms with Gasteiger partial charge in [-0.1, -0.05) is 30.3 Å². The fraction of sp³-hybridized carbons (Fsp3) is 0.250. The Hall–Kier alpha value is -3.22. The Morgan fingerprint density at radius 2 is 1.81 bits per heavy atom. The number of esters is 1. The first-order valence-electron chi connectivity index (χ1n) is 8.56. The Bertz CT molecular complexity index is 824. The number of halogens is 1. The summed E-state index contributed by atoms with van der Waals surface area (Å²) in [6.07, 6.45) is 0.00183. The summed E-state index contributed by atoms with van der Waals surface area (Å²) in [7, 11) is 0. The molecular formula is C20H19FN2O4. The molecule has 0 aliphatic carbocycles. The molecular weight excluding hydrogens is 351 g/mol. The number of anilines is 1. The van der Waals surface area contributed by atoms with Crippen molar-refractivity contribution >= 4 is 23.5 Å². The third kappa shape index (κ3) is 4.91. The highest BCUT2D eigenvalue weighted by Gasteiger charge is 2.36. The first kappa shape index (κ1) is 18.6. The van der Waals surface area contributed by atoms with E-state index in [0.717, 1.165) is 5.56 Å². The highest BCUT2D eigenvalue weighted by Crippen LogP contribution is 2.26. The Kier molecular flexibility index (Phi) is 5.80. The smallest absolute Gasteiger partial charge is 0.311 e. The molecule has 3 rings (SSSR count). The van der Waals surface area contributed by atoms with Crippen LogP contribution in [0.1, 0.15) is 12.0 Å². The van der Waals surface area contributed by atoms with Gasteiger partial charge in [-0.3, -0.25) is 14.4 Å². The van der Waals surface area contributed by atoms with Gasteiger partial charge < -0.3 is 15.0 Å². The number of nitrogens with one attached hydrogen (secondary N) is 1. The third-order valence-electron chi connectivity index (χ3n) is 4.27. The van der Waals surface area contributed by atoms with Gasteiger partial charge in [-0.2, -0.15) is 0 Å². The van der Waals surface area contributed by atoms with Crippen molar-refractivity contribution in [2.45, 2.75) is 13.0 Å². The van der Waals surface area contributed by atoms with Gasteiger partial charge in [0.1, 0.15) is 5.82 Å². The number of ether oxygens (including phenoxy) is 1. The second-order valence-electron chi connectivity index (χ2n) is 6.25. The predicted molar refractivity (Wildman–Crippen MR) is 96.1 cm³/mol. The van der Waals surface area contributed by atoms with E-state index in [1.54, 1.807) is 0 Å². The predicted octanol–water partition coefficient (Wildman–Crippen LogP) is 2.04. The standard InChI is InChI=1S/C20H19FN2O4/c21-16-6-8-17(9-7-16)23-12-15(10-19(23)25)20(26)27-13-18(24)22-11-14-4-2-1-3-5-14/h1-9,15H,10-13H2,(H,22,24)/t15-/m1/s1. The monoisotopic (exact) mass is 370 g/mol. The van der Waals surface area contributed by atoms with E-state index in [-0.39, 0.29) is 18.9 Å². The van der Waals surface area contributed by atoms with Gasteiger partial charge in [0.15, 0.2) is 6.61 Å². The summed E-state index contributed by atoms with van der Waals surface area (Å²) in [5.74, 6) is -2.29. The Balaban J connectivity index is 1.46. The van der Waals surface area contributed by atoms with Crippen molar-refractivity contribution in [2.75, 3.05) is 18.1 Å². The number of nitrogens with zero attached hydrogens (tertiary/aromatic N) is 1. The van der Waals surface area contributed by atoms with Crippen molar-refractivity contribution in [3.05, 3.63) is 66.0 Å². The molecule has 1 aliphatic rings. The fourth-order valence-electron chi connectivity index (χ4n) is 2.84. The van der Waals surface area contributed by atoms with E-state index in [9.17, 15) is 18.8 Å². The second-order valence-corrected chi connectivity index (χ2v) is 6.25. The number of hydrogen-bond donors (Lipinski definition) is 1. The molecule has 1 heterocycles. The quantitative estimate of drug-likeness (QED) is 0.790. The zero-order valence-electron chi connectivity index (χ0n) is 14.6. The maximum absolute atomic E-state index is 13.0. The maximum Gasteiger partial charge on any atom is 0.311 e. The maximum atomic E-state index is 13.0. The molecule has 1 aliphatic heterocycles. The van der Waals surface area contributed by atoms with Gasteiger partial charge in [0, 0.05) is 25.2 Å². The van der Waals surface area contributed by atoms with Crippen LogP contribution in [0.3, 0.4) is 0 Å². The van der Waals surface area contributed by atoms with Crippen LogP contribution in [-0.2, 0) is 25.7 Å². The summed E-state index contributed by atoms with van der Waals surface area (Å²) in [4.78, 5) is 37.5. The van der Waals surface area contributed by atoms with Gasteiger partial charge in [0.05, 0.1) is 5.92 Å². The van der Waals surface area contributed by atoms with Crippen LogP contribution in [0.2, 0.25) is 0 Å². The summed E-state index contributed by atoms with van der Waals surface area (Å²) in [5.41, 5.74) is 1.46. The van der Waals surface area contributed by atoms with E-state index in [4.69, 9.17) is 4.74 Å². The van der Waals surface area contributed by atoms with Crippen molar-refractivity contribution in [3.63, 3.8) is 0 Å². The molecule has 2 aromatic rings. The number of amides is 2. The lowest BCUT2D eigenvalue weighted by atomic mass is 10.1. The van der Waals surface area contributed by atoms with Gasteiger partial charge in [-0.15, -0.1) is 0 Å². The Morgan fingerprint density at radius 1 is 1.11 bits per heavy atom. The highest BCUT2D eigenvalue weighted by molar-refractivity contribution is 5.99. The molecule has 1 atom stereocenters. The molecule has 7 heteroatoms. The van der Waals surface area contributed by atoms with E-state index in [0.29, 0.717) is 12.2 Å². The van der Waals surface area contributed by atoms with Crippen LogP contribution in [0, 0.1) is 11.7 Å². The first-order valence-corrected chi connectivity index (χ1v) is 8.56. The van der Waals surface area contributed by atoms with Crippen molar-refractivity contribution in [1.29, 1.82) is 0 Å². The number of carbonyl (C=O) groups excluding carboxylic acids is 3. The molecule has 2 aromatic carbocycles. The molecule has 0 radical (unpaired) electrons. The number of rotatable bonds is 6. The summed E-state index contributed by atoms with van der Waals surface area (Å²) < 4.78 is 18.0. The zero-order chi connectivity index (χ0) is 19.2. The Labute approximate surface area is 155 Å². The van der Waals surface area contributed by atoms with Crippen LogP contribution in [0.5, 0.6) is 0 Å². The van der Waals surface area contributed by atoms with Gasteiger partial charge in [-0.25, -0.2) is 4.39 Å². The van der Waals surface area contributed by atoms with E-state index in [1.807, 2.05) is 30.3 Å². The van der Waals surface area contributed by atoms with Crippen LogP contribution in [0.4, 0.5) is 10.1 Å². The normalized spacial score (nSPS) is 16.3. The van der Waals surface area contributed by atoms with Crippen molar-refractivity contribution < 1.29 is 23.5 Å². The van der Waals surface area contributed by atoms with Crippen LogP contribution in [0.15, 0.2) is 54.6 Å². The first-order chi connectivity index (χ1) is 13.0. The molecule has 27 heavy (non-hydrogen) atoms. The third-order valence-corrected chi connectivity index (χ3v) is 4.27. The van der Waals surface area contributed by atoms with Crippen LogP contribution in [-0.4, -0.2) is 30.9 Å².